The van der Waals surface area contributed by atoms with Gasteiger partial charge in [0.1, 0.15) is 0 Å². The van der Waals surface area contributed by atoms with E-state index in [0.717, 1.165) is 16.7 Å². The van der Waals surface area contributed by atoms with Crippen LogP contribution in [0.25, 0.3) is 0 Å². The molecule has 1 atom stereocenters. The molecule has 0 fully saturated rings. The highest BCUT2D eigenvalue weighted by Gasteiger charge is 2.37. The summed E-state index contributed by atoms with van der Waals surface area (Å²) in [5.41, 5.74) is 3.40. The van der Waals surface area contributed by atoms with Gasteiger partial charge in [0.15, 0.2) is 0 Å². The second-order valence-electron chi connectivity index (χ2n) is 10.2. The van der Waals surface area contributed by atoms with Crippen molar-refractivity contribution >= 4 is 26.2 Å². The lowest BCUT2D eigenvalue weighted by Gasteiger charge is -2.35. The maximum atomic E-state index is 13.1. The minimum atomic E-state index is -1.28. The molecule has 3 aromatic carbocycles. The number of nitriles is 1. The van der Waals surface area contributed by atoms with E-state index in [-0.39, 0.29) is 18.0 Å². The molecular weight excluding hydrogens is 549 g/mol. The van der Waals surface area contributed by atoms with E-state index in [0.29, 0.717) is 38.4 Å². The Hall–Kier alpha value is -2.72. The Kier molecular flexibility index (Phi) is 13.8. The normalized spacial score (nSPS) is 12.4. The van der Waals surface area contributed by atoms with Crippen molar-refractivity contribution in [3.8, 4) is 6.07 Å². The first-order valence-corrected chi connectivity index (χ1v) is 16.3. The van der Waals surface area contributed by atoms with E-state index in [1.165, 1.54) is 0 Å². The first-order valence-electron chi connectivity index (χ1n) is 14.2. The van der Waals surface area contributed by atoms with Crippen molar-refractivity contribution < 1.29 is 13.8 Å². The van der Waals surface area contributed by atoms with Crippen LogP contribution in [0.5, 0.6) is 0 Å². The van der Waals surface area contributed by atoms with E-state index in [1.807, 2.05) is 18.2 Å². The molecule has 0 radical (unpaired) electrons. The number of nitrogens with one attached hydrogen (secondary N) is 1. The fourth-order valence-electron chi connectivity index (χ4n) is 4.75. The Labute approximate surface area is 251 Å². The molecule has 218 valence electrons. The highest BCUT2D eigenvalue weighted by atomic mass is 32.2. The molecular formula is C33H42N3O3PS. The summed E-state index contributed by atoms with van der Waals surface area (Å²) in [5.74, 6) is 0.290. The maximum Gasteiger partial charge on any atom is 0.259 e. The molecule has 0 aliphatic heterocycles. The molecule has 1 amide bonds. The van der Waals surface area contributed by atoms with Gasteiger partial charge in [-0.3, -0.25) is 4.79 Å². The molecule has 8 heteroatoms. The van der Waals surface area contributed by atoms with Crippen molar-refractivity contribution in [2.24, 2.45) is 0 Å². The van der Waals surface area contributed by atoms with Crippen molar-refractivity contribution in [3.05, 3.63) is 108 Å². The van der Waals surface area contributed by atoms with Crippen LogP contribution in [-0.2, 0) is 18.6 Å². The number of carbonyl (C=O) groups excluding carboxylic acids is 1. The van der Waals surface area contributed by atoms with E-state index in [2.05, 4.69) is 117 Å². The van der Waals surface area contributed by atoms with Crippen molar-refractivity contribution in [3.63, 3.8) is 0 Å². The molecule has 0 bridgehead atoms. The van der Waals surface area contributed by atoms with Crippen molar-refractivity contribution in [2.45, 2.75) is 57.4 Å². The van der Waals surface area contributed by atoms with Gasteiger partial charge in [0.2, 0.25) is 5.91 Å². The maximum absolute atomic E-state index is 13.1. The molecule has 0 aliphatic carbocycles. The predicted octanol–water partition coefficient (Wildman–Crippen LogP) is 7.51. The fraction of sp³-hybridized carbons (Fsp3) is 0.394. The molecule has 41 heavy (non-hydrogen) atoms. The highest BCUT2D eigenvalue weighted by molar-refractivity contribution is 8.01. The van der Waals surface area contributed by atoms with Crippen LogP contribution in [-0.4, -0.2) is 48.2 Å². The molecule has 0 aliphatic rings. The molecule has 0 aromatic heterocycles. The smallest absolute Gasteiger partial charge is 0.259 e. The van der Waals surface area contributed by atoms with E-state index in [1.54, 1.807) is 11.8 Å². The van der Waals surface area contributed by atoms with Crippen molar-refractivity contribution in [1.29, 1.82) is 5.26 Å². The summed E-state index contributed by atoms with van der Waals surface area (Å²) in [5, 5.41) is 12.0. The Morgan fingerprint density at radius 3 is 1.76 bits per heavy atom. The summed E-state index contributed by atoms with van der Waals surface area (Å²) in [7, 11) is -1.28. The molecule has 1 N–H and O–H groups in total. The SMILES string of the molecule is CC(C)N(C(C)C)P(OCCC#N)OCCCNC(=O)CSC(c1ccccc1)(c1ccccc1)c1ccccc1. The number of rotatable bonds is 17. The van der Waals surface area contributed by atoms with Crippen LogP contribution in [0.1, 0.15) is 57.2 Å². The average Bonchev–Trinajstić information content (AvgIpc) is 2.98. The summed E-state index contributed by atoms with van der Waals surface area (Å²) in [6, 6.07) is 33.8. The second kappa shape index (κ2) is 17.3. The third-order valence-corrected chi connectivity index (χ3v) is 10.1. The van der Waals surface area contributed by atoms with E-state index < -0.39 is 13.3 Å². The summed E-state index contributed by atoms with van der Waals surface area (Å²) in [4.78, 5) is 13.1. The molecule has 3 aromatic rings. The molecule has 0 heterocycles. The van der Waals surface area contributed by atoms with Crippen LogP contribution >= 0.6 is 20.3 Å². The molecule has 1 unspecified atom stereocenters. The van der Waals surface area contributed by atoms with Gasteiger partial charge in [0.25, 0.3) is 8.53 Å². The number of benzene rings is 3. The van der Waals surface area contributed by atoms with Gasteiger partial charge in [0, 0.05) is 18.6 Å². The molecule has 3 rings (SSSR count). The largest absolute Gasteiger partial charge is 0.355 e. The number of hydrogen-bond acceptors (Lipinski definition) is 6. The fourth-order valence-corrected chi connectivity index (χ4v) is 7.74. The van der Waals surface area contributed by atoms with Gasteiger partial charge in [-0.15, -0.1) is 11.8 Å². The lowest BCUT2D eigenvalue weighted by Crippen LogP contribution is -2.34. The number of nitrogens with zero attached hydrogens (tertiary/aromatic N) is 2. The lowest BCUT2D eigenvalue weighted by atomic mass is 9.84. The van der Waals surface area contributed by atoms with Crippen LogP contribution < -0.4 is 5.32 Å². The lowest BCUT2D eigenvalue weighted by molar-refractivity contribution is -0.118. The monoisotopic (exact) mass is 591 g/mol. The number of hydrogen-bond donors (Lipinski definition) is 1. The van der Waals surface area contributed by atoms with Gasteiger partial charge in [-0.05, 0) is 50.8 Å². The Bertz CT molecular complexity index is 1100. The zero-order valence-corrected chi connectivity index (χ0v) is 26.2. The van der Waals surface area contributed by atoms with E-state index >= 15 is 0 Å². The van der Waals surface area contributed by atoms with Gasteiger partial charge in [0.05, 0.1) is 36.2 Å². The Balaban J connectivity index is 1.64. The predicted molar refractivity (Wildman–Crippen MR) is 170 cm³/mol. The summed E-state index contributed by atoms with van der Waals surface area (Å²) < 4.78 is 13.8. The molecule has 0 saturated heterocycles. The number of carbonyl (C=O) groups is 1. The van der Waals surface area contributed by atoms with Crippen LogP contribution in [0.3, 0.4) is 0 Å². The summed E-state index contributed by atoms with van der Waals surface area (Å²) >= 11 is 1.63. The average molecular weight is 592 g/mol. The van der Waals surface area contributed by atoms with Gasteiger partial charge in [-0.25, -0.2) is 4.67 Å². The topological polar surface area (TPSA) is 74.6 Å². The quantitative estimate of drug-likeness (QED) is 0.0995. The zero-order chi connectivity index (χ0) is 29.5. The van der Waals surface area contributed by atoms with Gasteiger partial charge >= 0.3 is 0 Å². The minimum absolute atomic E-state index is 0.0132. The van der Waals surface area contributed by atoms with Gasteiger partial charge in [-0.2, -0.15) is 5.26 Å². The molecule has 0 spiro atoms. The van der Waals surface area contributed by atoms with Crippen molar-refractivity contribution in [1.82, 2.24) is 9.99 Å². The summed E-state index contributed by atoms with van der Waals surface area (Å²) in [6.07, 6.45) is 0.998. The zero-order valence-electron chi connectivity index (χ0n) is 24.5. The van der Waals surface area contributed by atoms with Gasteiger partial charge in [-0.1, -0.05) is 91.0 Å². The van der Waals surface area contributed by atoms with Crippen LogP contribution in [0.15, 0.2) is 91.0 Å². The third kappa shape index (κ3) is 9.39. The van der Waals surface area contributed by atoms with Crippen molar-refractivity contribution in [2.75, 3.05) is 25.5 Å². The van der Waals surface area contributed by atoms with Crippen LogP contribution in [0.4, 0.5) is 0 Å². The Morgan fingerprint density at radius 1 is 0.854 bits per heavy atom. The first-order chi connectivity index (χ1) is 19.9. The number of amides is 1. The first kappa shape index (κ1) is 32.8. The van der Waals surface area contributed by atoms with Gasteiger partial charge < -0.3 is 14.4 Å². The van der Waals surface area contributed by atoms with E-state index in [9.17, 15) is 4.79 Å². The highest BCUT2D eigenvalue weighted by Crippen LogP contribution is 2.48. The standard InChI is InChI=1S/C33H42N3O3PS/c1-27(2)36(28(3)4)40(38-24-14-22-34)39-25-15-23-35-32(37)26-41-33(29-16-8-5-9-17-29,30-18-10-6-11-19-30)31-20-12-7-13-21-31/h5-13,16-21,27-28H,14-15,23-26H2,1-4H3,(H,35,37). The van der Waals surface area contributed by atoms with Crippen LogP contribution in [0, 0.1) is 11.3 Å². The Morgan fingerprint density at radius 2 is 1.32 bits per heavy atom. The minimum Gasteiger partial charge on any atom is -0.355 e. The number of thioether (sulfide) groups is 1. The molecule has 0 saturated carbocycles. The molecule has 6 nitrogen and oxygen atoms in total. The van der Waals surface area contributed by atoms with Crippen LogP contribution in [0.2, 0.25) is 0 Å². The second-order valence-corrected chi connectivity index (χ2v) is 12.8. The third-order valence-electron chi connectivity index (χ3n) is 6.47. The summed E-state index contributed by atoms with van der Waals surface area (Å²) in [6.45, 7) is 9.78. The van der Waals surface area contributed by atoms with E-state index in [4.69, 9.17) is 14.3 Å².